The van der Waals surface area contributed by atoms with Gasteiger partial charge in [-0.3, -0.25) is 4.98 Å². The molecule has 0 bridgehead atoms. The molecular weight excluding hydrogens is 424 g/mol. The number of hydrogen-bond acceptors (Lipinski definition) is 2. The summed E-state index contributed by atoms with van der Waals surface area (Å²) in [4.78, 5) is 7.13. The summed E-state index contributed by atoms with van der Waals surface area (Å²) in [5.41, 5.74) is 21.0. The van der Waals surface area contributed by atoms with E-state index in [0.29, 0.717) is 0 Å². The largest absolute Gasteiger partial charge is 0.309 e. The number of nitrogens with zero attached hydrogens (tertiary/aromatic N) is 2. The van der Waals surface area contributed by atoms with Crippen LogP contribution in [0, 0.1) is 0 Å². The van der Waals surface area contributed by atoms with Crippen molar-refractivity contribution in [3.63, 3.8) is 0 Å². The number of fused-ring (bicyclic) bond motifs is 10. The molecule has 5 aromatic rings. The summed E-state index contributed by atoms with van der Waals surface area (Å²) in [7, 11) is 0. The quantitative estimate of drug-likeness (QED) is 0.240. The molecule has 0 unspecified atom stereocenters. The van der Waals surface area contributed by atoms with Gasteiger partial charge in [-0.05, 0) is 97.8 Å². The molecule has 0 atom stereocenters. The highest BCUT2D eigenvalue weighted by Crippen LogP contribution is 2.53. The van der Waals surface area contributed by atoms with Crippen LogP contribution in [0.4, 0.5) is 17.1 Å². The first-order valence-corrected chi connectivity index (χ1v) is 12.6. The van der Waals surface area contributed by atoms with Crippen LogP contribution in [0.1, 0.15) is 44.5 Å². The number of anilines is 3. The highest BCUT2D eigenvalue weighted by atomic mass is 15.2. The second-order valence-electron chi connectivity index (χ2n) is 10.4. The Hall–Kier alpha value is -4.17. The SMILES string of the molecule is c1ccc2c(c1)Cc1cc3c(cc1-2)-c1cc2c(cc1C3)Cc1cncc3c1N2c1ccccc1C3. The van der Waals surface area contributed by atoms with Gasteiger partial charge in [-0.2, -0.15) is 0 Å². The number of hydrogen-bond donors (Lipinski definition) is 0. The Kier molecular flexibility index (Phi) is 3.27. The van der Waals surface area contributed by atoms with E-state index in [2.05, 4.69) is 95.1 Å². The van der Waals surface area contributed by atoms with Crippen LogP contribution >= 0.6 is 0 Å². The van der Waals surface area contributed by atoms with Crippen molar-refractivity contribution in [2.75, 3.05) is 4.90 Å². The molecule has 0 spiro atoms. The maximum Gasteiger partial charge on any atom is 0.0563 e. The molecule has 35 heavy (non-hydrogen) atoms. The number of para-hydroxylation sites is 1. The third-order valence-electron chi connectivity index (χ3n) is 8.52. The van der Waals surface area contributed by atoms with E-state index in [1.54, 1.807) is 0 Å². The number of pyridine rings is 1. The van der Waals surface area contributed by atoms with Crippen LogP contribution in [0.25, 0.3) is 22.3 Å². The Labute approximate surface area is 204 Å². The molecule has 0 N–H and O–H groups in total. The van der Waals surface area contributed by atoms with Crippen LogP contribution in [-0.2, 0) is 25.7 Å². The summed E-state index contributed by atoms with van der Waals surface area (Å²) >= 11 is 0. The van der Waals surface area contributed by atoms with E-state index in [4.69, 9.17) is 0 Å². The lowest BCUT2D eigenvalue weighted by Crippen LogP contribution is -2.25. The van der Waals surface area contributed by atoms with Crippen molar-refractivity contribution in [1.29, 1.82) is 0 Å². The van der Waals surface area contributed by atoms with Gasteiger partial charge in [0.05, 0.1) is 11.4 Å². The number of aromatic nitrogens is 1. The molecule has 0 saturated carbocycles. The second-order valence-corrected chi connectivity index (χ2v) is 10.4. The van der Waals surface area contributed by atoms with Crippen molar-refractivity contribution in [3.05, 3.63) is 130 Å². The highest BCUT2D eigenvalue weighted by molar-refractivity contribution is 5.93. The second kappa shape index (κ2) is 6.28. The molecule has 4 aliphatic rings. The predicted octanol–water partition coefficient (Wildman–Crippen LogP) is 7.50. The lowest BCUT2D eigenvalue weighted by atomic mass is 9.86. The third-order valence-corrected chi connectivity index (χ3v) is 8.52. The summed E-state index contributed by atoms with van der Waals surface area (Å²) < 4.78 is 0. The van der Waals surface area contributed by atoms with E-state index in [9.17, 15) is 0 Å². The topological polar surface area (TPSA) is 16.1 Å². The van der Waals surface area contributed by atoms with Gasteiger partial charge in [0.15, 0.2) is 0 Å². The summed E-state index contributed by atoms with van der Waals surface area (Å²) in [6.45, 7) is 0. The summed E-state index contributed by atoms with van der Waals surface area (Å²) in [5.74, 6) is 0. The van der Waals surface area contributed by atoms with Crippen LogP contribution in [-0.4, -0.2) is 4.98 Å². The molecule has 1 aromatic heterocycles. The summed E-state index contributed by atoms with van der Waals surface area (Å²) in [5, 5.41) is 0. The minimum absolute atomic E-state index is 0.956. The zero-order valence-electron chi connectivity index (χ0n) is 19.3. The Morgan fingerprint density at radius 1 is 0.457 bits per heavy atom. The van der Waals surface area contributed by atoms with Crippen molar-refractivity contribution in [3.8, 4) is 22.3 Å². The molecule has 0 amide bonds. The average molecular weight is 447 g/mol. The van der Waals surface area contributed by atoms with Crippen LogP contribution in [0.5, 0.6) is 0 Å². The van der Waals surface area contributed by atoms with Crippen molar-refractivity contribution in [1.82, 2.24) is 4.98 Å². The van der Waals surface area contributed by atoms with Gasteiger partial charge in [0, 0.05) is 30.9 Å². The molecule has 2 heteroatoms. The molecule has 3 heterocycles. The van der Waals surface area contributed by atoms with Crippen LogP contribution in [0.3, 0.4) is 0 Å². The fraction of sp³-hybridized carbons (Fsp3) is 0.121. The maximum absolute atomic E-state index is 4.61. The molecule has 2 nitrogen and oxygen atoms in total. The van der Waals surface area contributed by atoms with E-state index >= 15 is 0 Å². The minimum Gasteiger partial charge on any atom is -0.309 e. The fourth-order valence-electron chi connectivity index (χ4n) is 7.02. The zero-order chi connectivity index (χ0) is 22.7. The summed E-state index contributed by atoms with van der Waals surface area (Å²) in [6, 6.07) is 27.7. The van der Waals surface area contributed by atoms with Gasteiger partial charge >= 0.3 is 0 Å². The first-order chi connectivity index (χ1) is 17.3. The maximum atomic E-state index is 4.61. The normalized spacial score (nSPS) is 14.9. The van der Waals surface area contributed by atoms with Gasteiger partial charge in [-0.15, -0.1) is 0 Å². The van der Waals surface area contributed by atoms with Crippen LogP contribution in [0.2, 0.25) is 0 Å². The molecule has 2 aliphatic heterocycles. The van der Waals surface area contributed by atoms with Gasteiger partial charge in [-0.25, -0.2) is 0 Å². The summed E-state index contributed by atoms with van der Waals surface area (Å²) in [6.07, 6.45) is 8.14. The lowest BCUT2D eigenvalue weighted by molar-refractivity contribution is 0.984. The van der Waals surface area contributed by atoms with Gasteiger partial charge < -0.3 is 4.90 Å². The third kappa shape index (κ3) is 2.32. The van der Waals surface area contributed by atoms with E-state index in [1.165, 1.54) is 83.8 Å². The predicted molar refractivity (Wildman–Crippen MR) is 141 cm³/mol. The smallest absolute Gasteiger partial charge is 0.0563 e. The number of benzene rings is 4. The average Bonchev–Trinajstić information content (AvgIpc) is 3.42. The monoisotopic (exact) mass is 446 g/mol. The van der Waals surface area contributed by atoms with Gasteiger partial charge in [0.25, 0.3) is 0 Å². The minimum atomic E-state index is 0.956. The van der Waals surface area contributed by atoms with E-state index in [0.717, 1.165) is 25.7 Å². The van der Waals surface area contributed by atoms with Crippen LogP contribution in [0.15, 0.2) is 85.2 Å². The molecule has 164 valence electrons. The van der Waals surface area contributed by atoms with E-state index in [1.807, 2.05) is 0 Å². The Bertz CT molecular complexity index is 1760. The molecule has 9 rings (SSSR count). The van der Waals surface area contributed by atoms with Gasteiger partial charge in [-0.1, -0.05) is 54.6 Å². The Morgan fingerprint density at radius 3 is 1.91 bits per heavy atom. The Balaban J connectivity index is 1.27. The number of rotatable bonds is 0. The van der Waals surface area contributed by atoms with Crippen molar-refractivity contribution >= 4 is 17.1 Å². The molecular formula is C33H22N2. The van der Waals surface area contributed by atoms with E-state index < -0.39 is 0 Å². The molecule has 0 saturated heterocycles. The van der Waals surface area contributed by atoms with E-state index in [-0.39, 0.29) is 0 Å². The van der Waals surface area contributed by atoms with Crippen molar-refractivity contribution in [2.45, 2.75) is 25.7 Å². The molecule has 0 fully saturated rings. The molecule has 2 aliphatic carbocycles. The first kappa shape index (κ1) is 18.2. The molecule has 0 radical (unpaired) electrons. The standard InChI is InChI=1S/C33H22N2/c1-3-7-27-19(5-1)9-21-11-22-12-23-13-24-14-26-18-34-17-25-10-20-6-2-4-8-31(20)35(33(25)26)32(24)16-30(23)29(22)15-28(21)27/h1-8,11,13,15-18H,9-10,12,14H2. The van der Waals surface area contributed by atoms with Gasteiger partial charge in [0.1, 0.15) is 0 Å². The molecule has 4 aromatic carbocycles. The van der Waals surface area contributed by atoms with Gasteiger partial charge in [0.2, 0.25) is 0 Å². The zero-order valence-corrected chi connectivity index (χ0v) is 19.3. The fourth-order valence-corrected chi connectivity index (χ4v) is 7.02. The lowest BCUT2D eigenvalue weighted by Gasteiger charge is -2.39. The first-order valence-electron chi connectivity index (χ1n) is 12.6. The van der Waals surface area contributed by atoms with Crippen LogP contribution < -0.4 is 4.90 Å². The van der Waals surface area contributed by atoms with Crippen molar-refractivity contribution in [2.24, 2.45) is 0 Å². The Morgan fingerprint density at radius 2 is 1.06 bits per heavy atom. The van der Waals surface area contributed by atoms with Crippen molar-refractivity contribution < 1.29 is 0 Å². The highest BCUT2D eigenvalue weighted by Gasteiger charge is 2.34.